The van der Waals surface area contributed by atoms with Crippen LogP contribution < -0.4 is 10.6 Å². The van der Waals surface area contributed by atoms with Crippen LogP contribution in [0, 0.1) is 12.8 Å². The summed E-state index contributed by atoms with van der Waals surface area (Å²) >= 11 is 1.20. The van der Waals surface area contributed by atoms with Crippen LogP contribution in [0.3, 0.4) is 0 Å². The molecule has 34 heavy (non-hydrogen) atoms. The van der Waals surface area contributed by atoms with Crippen LogP contribution in [0.25, 0.3) is 10.4 Å². The van der Waals surface area contributed by atoms with Gasteiger partial charge in [-0.15, -0.1) is 11.3 Å². The molecule has 1 aliphatic carbocycles. The molecule has 1 aliphatic heterocycles. The molecule has 2 aromatic heterocycles. The average molecular weight is 486 g/mol. The maximum atomic E-state index is 13.5. The molecule has 2 aliphatic rings. The summed E-state index contributed by atoms with van der Waals surface area (Å²) in [6, 6.07) is 2.51. The largest absolute Gasteiger partial charge is 0.389 e. The highest BCUT2D eigenvalue weighted by molar-refractivity contribution is 7.17. The third-order valence-electron chi connectivity index (χ3n) is 6.58. The summed E-state index contributed by atoms with van der Waals surface area (Å²) < 4.78 is 0. The number of amides is 2. The molecular weight excluding hydrogens is 450 g/mol. The van der Waals surface area contributed by atoms with Gasteiger partial charge in [0.25, 0.3) is 11.8 Å². The highest BCUT2D eigenvalue weighted by Gasteiger charge is 2.32. The molecule has 0 aromatic carbocycles. The van der Waals surface area contributed by atoms with Crippen molar-refractivity contribution in [1.82, 2.24) is 20.2 Å². The normalized spacial score (nSPS) is 19.2. The smallest absolute Gasteiger partial charge is 0.280 e. The number of thiazole rings is 1. The summed E-state index contributed by atoms with van der Waals surface area (Å²) in [7, 11) is 0. The van der Waals surface area contributed by atoms with E-state index in [1.807, 2.05) is 24.8 Å². The number of aromatic nitrogens is 2. The Morgan fingerprint density at radius 1 is 1.32 bits per heavy atom. The summed E-state index contributed by atoms with van der Waals surface area (Å²) in [5.74, 6) is 0.972. The first kappa shape index (κ1) is 24.6. The van der Waals surface area contributed by atoms with Crippen molar-refractivity contribution in [3.63, 3.8) is 0 Å². The SMILES string of the molecule is Cc1cc(N[C@H](C)C2CC2)ncc1-c1sc(C(=O)NCC(C)(C)O)nc1C(=O)N1CCC[C@@H]1C. The van der Waals surface area contributed by atoms with Crippen LogP contribution in [0.4, 0.5) is 5.82 Å². The lowest BCUT2D eigenvalue weighted by Crippen LogP contribution is -2.38. The van der Waals surface area contributed by atoms with E-state index in [4.69, 9.17) is 0 Å². The molecule has 4 rings (SSSR count). The van der Waals surface area contributed by atoms with Crippen molar-refractivity contribution in [1.29, 1.82) is 0 Å². The average Bonchev–Trinajstić information content (AvgIpc) is 3.39. The van der Waals surface area contributed by atoms with Crippen molar-refractivity contribution in [2.24, 2.45) is 5.92 Å². The van der Waals surface area contributed by atoms with Crippen LogP contribution in [-0.2, 0) is 0 Å². The number of aryl methyl sites for hydroxylation is 1. The van der Waals surface area contributed by atoms with Gasteiger partial charge in [0.1, 0.15) is 11.5 Å². The quantitative estimate of drug-likeness (QED) is 0.524. The zero-order valence-corrected chi connectivity index (χ0v) is 21.5. The fourth-order valence-corrected chi connectivity index (χ4v) is 5.36. The molecule has 8 nitrogen and oxygen atoms in total. The highest BCUT2D eigenvalue weighted by Crippen LogP contribution is 2.36. The number of hydrogen-bond acceptors (Lipinski definition) is 7. The Bertz CT molecular complexity index is 1070. The molecule has 2 aromatic rings. The number of hydrogen-bond donors (Lipinski definition) is 3. The number of pyridine rings is 1. The zero-order chi connectivity index (χ0) is 24.6. The number of carbonyl (C=O) groups is 2. The molecule has 0 bridgehead atoms. The molecule has 184 valence electrons. The van der Waals surface area contributed by atoms with Crippen LogP contribution in [0.1, 0.15) is 79.2 Å². The molecule has 3 N–H and O–H groups in total. The minimum absolute atomic E-state index is 0.0906. The van der Waals surface area contributed by atoms with Crippen LogP contribution in [0.2, 0.25) is 0 Å². The van der Waals surface area contributed by atoms with E-state index in [9.17, 15) is 14.7 Å². The van der Waals surface area contributed by atoms with Gasteiger partial charge in [0, 0.05) is 36.9 Å². The van der Waals surface area contributed by atoms with E-state index in [2.05, 4.69) is 27.5 Å². The number of nitrogens with one attached hydrogen (secondary N) is 2. The predicted molar refractivity (Wildman–Crippen MR) is 134 cm³/mol. The third-order valence-corrected chi connectivity index (χ3v) is 7.67. The van der Waals surface area contributed by atoms with E-state index in [0.717, 1.165) is 29.8 Å². The summed E-state index contributed by atoms with van der Waals surface area (Å²) in [6.07, 6.45) is 6.21. The molecule has 1 saturated carbocycles. The Hall–Kier alpha value is -2.52. The van der Waals surface area contributed by atoms with Crippen LogP contribution in [0.5, 0.6) is 0 Å². The van der Waals surface area contributed by atoms with E-state index < -0.39 is 11.5 Å². The predicted octanol–water partition coefficient (Wildman–Crippen LogP) is 3.85. The summed E-state index contributed by atoms with van der Waals surface area (Å²) in [5.41, 5.74) is 1.03. The van der Waals surface area contributed by atoms with Crippen molar-refractivity contribution >= 4 is 29.0 Å². The maximum absolute atomic E-state index is 13.5. The summed E-state index contributed by atoms with van der Waals surface area (Å²) in [6.45, 7) is 10.2. The lowest BCUT2D eigenvalue weighted by Gasteiger charge is -2.21. The first-order valence-electron chi connectivity index (χ1n) is 12.1. The number of rotatable bonds is 8. The van der Waals surface area contributed by atoms with Gasteiger partial charge in [-0.25, -0.2) is 9.97 Å². The molecule has 9 heteroatoms. The van der Waals surface area contributed by atoms with E-state index >= 15 is 0 Å². The number of likely N-dealkylation sites (tertiary alicyclic amines) is 1. The second-order valence-corrected chi connectivity index (χ2v) is 11.3. The molecule has 1 saturated heterocycles. The number of aliphatic hydroxyl groups is 1. The number of anilines is 1. The van der Waals surface area contributed by atoms with Gasteiger partial charge in [-0.2, -0.15) is 0 Å². The molecular formula is C25H35N5O3S. The first-order chi connectivity index (χ1) is 16.0. The Balaban J connectivity index is 1.66. The standard InChI is InChI=1S/C25H35N5O3S/c1-14-11-19(28-16(3)17-8-9-17)26-12-18(14)21-20(24(32)30-10-6-7-15(30)2)29-23(34-21)22(31)27-13-25(4,5)33/h11-12,15-17,33H,6-10,13H2,1-5H3,(H,26,28)(H,27,31)/t15-,16+/m0/s1. The van der Waals surface area contributed by atoms with Gasteiger partial charge in [0.05, 0.1) is 10.5 Å². The molecule has 0 spiro atoms. The van der Waals surface area contributed by atoms with Crippen molar-refractivity contribution in [3.05, 3.63) is 28.5 Å². The van der Waals surface area contributed by atoms with Crippen molar-refractivity contribution in [2.75, 3.05) is 18.4 Å². The lowest BCUT2D eigenvalue weighted by molar-refractivity contribution is 0.0692. The van der Waals surface area contributed by atoms with Gasteiger partial charge in [0.2, 0.25) is 0 Å². The van der Waals surface area contributed by atoms with Crippen molar-refractivity contribution in [3.8, 4) is 10.4 Å². The van der Waals surface area contributed by atoms with E-state index in [1.165, 1.54) is 24.2 Å². The minimum atomic E-state index is -1.04. The van der Waals surface area contributed by atoms with Gasteiger partial charge in [0.15, 0.2) is 5.01 Å². The third kappa shape index (κ3) is 5.58. The highest BCUT2D eigenvalue weighted by atomic mass is 32.1. The lowest BCUT2D eigenvalue weighted by atomic mass is 10.1. The molecule has 2 fully saturated rings. The summed E-state index contributed by atoms with van der Waals surface area (Å²) in [4.78, 5) is 37.9. The van der Waals surface area contributed by atoms with E-state index in [1.54, 1.807) is 20.0 Å². The number of carbonyl (C=O) groups excluding carboxylic acids is 2. The molecule has 3 heterocycles. The van der Waals surface area contributed by atoms with Gasteiger partial charge in [-0.1, -0.05) is 0 Å². The molecule has 2 amide bonds. The van der Waals surface area contributed by atoms with Crippen LogP contribution in [0.15, 0.2) is 12.3 Å². The van der Waals surface area contributed by atoms with Crippen molar-refractivity contribution < 1.29 is 14.7 Å². The number of nitrogens with zero attached hydrogens (tertiary/aromatic N) is 3. The Labute approximate surface area is 205 Å². The second-order valence-electron chi connectivity index (χ2n) is 10.3. The monoisotopic (exact) mass is 485 g/mol. The van der Waals surface area contributed by atoms with E-state index in [-0.39, 0.29) is 23.5 Å². The van der Waals surface area contributed by atoms with Gasteiger partial charge in [-0.3, -0.25) is 9.59 Å². The fourth-order valence-electron chi connectivity index (χ4n) is 4.31. The minimum Gasteiger partial charge on any atom is -0.389 e. The van der Waals surface area contributed by atoms with Crippen molar-refractivity contribution in [2.45, 2.75) is 78.0 Å². The molecule has 2 atom stereocenters. The van der Waals surface area contributed by atoms with Crippen LogP contribution >= 0.6 is 11.3 Å². The van der Waals surface area contributed by atoms with Gasteiger partial charge in [-0.05, 0) is 77.8 Å². The molecule has 0 radical (unpaired) electrons. The molecule has 0 unspecified atom stereocenters. The van der Waals surface area contributed by atoms with Crippen LogP contribution in [-0.4, -0.2) is 62.6 Å². The topological polar surface area (TPSA) is 107 Å². The first-order valence-corrected chi connectivity index (χ1v) is 12.9. The Morgan fingerprint density at radius 2 is 2.06 bits per heavy atom. The fraction of sp³-hybridized carbons (Fsp3) is 0.600. The van der Waals surface area contributed by atoms with E-state index in [0.29, 0.717) is 29.1 Å². The Kier molecular flexibility index (Phi) is 6.96. The van der Waals surface area contributed by atoms with Gasteiger partial charge < -0.3 is 20.6 Å². The maximum Gasteiger partial charge on any atom is 0.280 e. The summed E-state index contributed by atoms with van der Waals surface area (Å²) in [5, 5.41) is 16.4. The zero-order valence-electron chi connectivity index (χ0n) is 20.6. The van der Waals surface area contributed by atoms with Gasteiger partial charge >= 0.3 is 0 Å². The Morgan fingerprint density at radius 3 is 2.65 bits per heavy atom. The second kappa shape index (κ2) is 9.62.